The second-order valence-corrected chi connectivity index (χ2v) is 7.98. The highest BCUT2D eigenvalue weighted by Crippen LogP contribution is 2.14. The highest BCUT2D eigenvalue weighted by atomic mass is 32.2. The number of rotatable bonds is 9. The van der Waals surface area contributed by atoms with Crippen LogP contribution in [0.1, 0.15) is 12.5 Å². The summed E-state index contributed by atoms with van der Waals surface area (Å²) in [7, 11) is -3.58. The molecule has 1 aromatic carbocycles. The van der Waals surface area contributed by atoms with Gasteiger partial charge in [-0.15, -0.1) is 0 Å². The van der Waals surface area contributed by atoms with Crippen molar-refractivity contribution in [1.82, 2.24) is 14.9 Å². The molecular weight excluding hydrogens is 380 g/mol. The van der Waals surface area contributed by atoms with Crippen LogP contribution in [0, 0.1) is 0 Å². The van der Waals surface area contributed by atoms with E-state index in [0.717, 1.165) is 16.8 Å². The fourth-order valence-electron chi connectivity index (χ4n) is 2.66. The Morgan fingerprint density at radius 2 is 1.96 bits per heavy atom. The van der Waals surface area contributed by atoms with E-state index in [0.29, 0.717) is 12.3 Å². The lowest BCUT2D eigenvalue weighted by Crippen LogP contribution is -2.32. The second-order valence-electron chi connectivity index (χ2n) is 6.14. The molecule has 0 saturated carbocycles. The van der Waals surface area contributed by atoms with Gasteiger partial charge in [0.1, 0.15) is 5.75 Å². The van der Waals surface area contributed by atoms with Gasteiger partial charge >= 0.3 is 0 Å². The molecule has 0 bridgehead atoms. The average Bonchev–Trinajstić information content (AvgIpc) is 3.11. The number of amides is 1. The molecule has 8 nitrogen and oxygen atoms in total. The Labute approximate surface area is 163 Å². The van der Waals surface area contributed by atoms with Crippen molar-refractivity contribution in [2.24, 2.45) is 0 Å². The van der Waals surface area contributed by atoms with Crippen LogP contribution in [0.4, 0.5) is 5.69 Å². The summed E-state index contributed by atoms with van der Waals surface area (Å²) in [6.45, 7) is 2.51. The van der Waals surface area contributed by atoms with Crippen LogP contribution in [-0.2, 0) is 21.2 Å². The first-order valence-corrected chi connectivity index (χ1v) is 10.5. The number of anilines is 1. The summed E-state index contributed by atoms with van der Waals surface area (Å²) in [5.41, 5.74) is 2.06. The zero-order valence-corrected chi connectivity index (χ0v) is 16.3. The number of sulfonamides is 1. The summed E-state index contributed by atoms with van der Waals surface area (Å²) in [6.07, 6.45) is 3.48. The minimum atomic E-state index is -3.58. The molecule has 0 radical (unpaired) electrons. The summed E-state index contributed by atoms with van der Waals surface area (Å²) >= 11 is 0. The van der Waals surface area contributed by atoms with Crippen molar-refractivity contribution in [3.63, 3.8) is 0 Å². The number of aromatic nitrogens is 2. The molecule has 3 aromatic rings. The molecule has 2 heterocycles. The summed E-state index contributed by atoms with van der Waals surface area (Å²) in [4.78, 5) is 12.0. The first-order chi connectivity index (χ1) is 13.4. The zero-order chi connectivity index (χ0) is 20.0. The largest absolute Gasteiger partial charge is 0.494 e. The Balaban J connectivity index is 1.46. The van der Waals surface area contributed by atoms with Crippen LogP contribution >= 0.6 is 0 Å². The lowest BCUT2D eigenvalue weighted by Gasteiger charge is -2.10. The molecule has 9 heteroatoms. The molecule has 0 aliphatic rings. The van der Waals surface area contributed by atoms with E-state index in [2.05, 4.69) is 15.1 Å². The zero-order valence-electron chi connectivity index (χ0n) is 15.5. The number of nitrogens with zero attached hydrogens (tertiary/aromatic N) is 2. The number of hydrogen-bond donors (Lipinski definition) is 2. The van der Waals surface area contributed by atoms with Crippen molar-refractivity contribution in [1.29, 1.82) is 0 Å². The summed E-state index contributed by atoms with van der Waals surface area (Å²) < 4.78 is 33.9. The third-order valence-corrected chi connectivity index (χ3v) is 5.25. The van der Waals surface area contributed by atoms with E-state index in [4.69, 9.17) is 4.74 Å². The van der Waals surface area contributed by atoms with Crippen LogP contribution in [0.2, 0.25) is 0 Å². The van der Waals surface area contributed by atoms with E-state index < -0.39 is 10.0 Å². The van der Waals surface area contributed by atoms with Gasteiger partial charge in [0.05, 0.1) is 30.0 Å². The maximum Gasteiger partial charge on any atom is 0.234 e. The first kappa shape index (κ1) is 19.7. The Morgan fingerprint density at radius 3 is 2.71 bits per heavy atom. The molecule has 2 aromatic heterocycles. The van der Waals surface area contributed by atoms with E-state index in [-0.39, 0.29) is 24.6 Å². The van der Waals surface area contributed by atoms with Gasteiger partial charge in [0.25, 0.3) is 0 Å². The van der Waals surface area contributed by atoms with Gasteiger partial charge in [-0.25, -0.2) is 12.9 Å². The number of ether oxygens (including phenoxy) is 1. The lowest BCUT2D eigenvalue weighted by molar-refractivity contribution is -0.120. The van der Waals surface area contributed by atoms with E-state index in [1.807, 2.05) is 19.1 Å². The molecule has 148 valence electrons. The molecule has 0 aliphatic carbocycles. The summed E-state index contributed by atoms with van der Waals surface area (Å²) in [5, 5.41) is 6.69. The standard InChI is InChI=1S/C19H22N4O4S/c1-2-27-18-5-3-15(4-6-18)13-19(24)20-10-12-28(25,26)22-16-8-11-23-17(14-16)7-9-21-23/h3-9,11,14,22H,2,10,12-13H2,1H3,(H,20,24). The fraction of sp³-hybridized carbons (Fsp3) is 0.263. The third-order valence-electron chi connectivity index (χ3n) is 3.96. The topological polar surface area (TPSA) is 102 Å². The maximum absolute atomic E-state index is 12.2. The van der Waals surface area contributed by atoms with Crippen molar-refractivity contribution >= 4 is 27.1 Å². The predicted molar refractivity (Wildman–Crippen MR) is 107 cm³/mol. The van der Waals surface area contributed by atoms with Crippen LogP contribution in [0.3, 0.4) is 0 Å². The van der Waals surface area contributed by atoms with Crippen LogP contribution in [0.25, 0.3) is 5.52 Å². The minimum absolute atomic E-state index is 0.0279. The van der Waals surface area contributed by atoms with Gasteiger partial charge in [0.2, 0.25) is 15.9 Å². The number of benzene rings is 1. The highest BCUT2D eigenvalue weighted by Gasteiger charge is 2.12. The van der Waals surface area contributed by atoms with Crippen molar-refractivity contribution in [3.05, 3.63) is 60.4 Å². The monoisotopic (exact) mass is 402 g/mol. The minimum Gasteiger partial charge on any atom is -0.494 e. The molecule has 0 spiro atoms. The van der Waals surface area contributed by atoms with Gasteiger partial charge in [-0.2, -0.15) is 5.10 Å². The first-order valence-electron chi connectivity index (χ1n) is 8.87. The number of fused-ring (bicyclic) bond motifs is 1. The van der Waals surface area contributed by atoms with Gasteiger partial charge in [0.15, 0.2) is 0 Å². The van der Waals surface area contributed by atoms with Gasteiger partial charge in [-0.05, 0) is 42.8 Å². The van der Waals surface area contributed by atoms with E-state index in [1.165, 1.54) is 0 Å². The molecule has 1 amide bonds. The molecule has 3 rings (SSSR count). The summed E-state index contributed by atoms with van der Waals surface area (Å²) in [5.74, 6) is 0.296. The van der Waals surface area contributed by atoms with Crippen molar-refractivity contribution in [2.45, 2.75) is 13.3 Å². The van der Waals surface area contributed by atoms with Crippen LogP contribution in [0.5, 0.6) is 5.75 Å². The maximum atomic E-state index is 12.2. The van der Waals surface area contributed by atoms with Crippen LogP contribution in [0.15, 0.2) is 54.9 Å². The van der Waals surface area contributed by atoms with Crippen LogP contribution in [-0.4, -0.2) is 42.8 Å². The SMILES string of the molecule is CCOc1ccc(CC(=O)NCCS(=O)(=O)Nc2ccn3nccc3c2)cc1. The van der Waals surface area contributed by atoms with Gasteiger partial charge < -0.3 is 10.1 Å². The number of hydrogen-bond acceptors (Lipinski definition) is 5. The van der Waals surface area contributed by atoms with E-state index in [1.54, 1.807) is 47.2 Å². The Morgan fingerprint density at radius 1 is 1.18 bits per heavy atom. The summed E-state index contributed by atoms with van der Waals surface area (Å²) in [6, 6.07) is 12.3. The van der Waals surface area contributed by atoms with Crippen LogP contribution < -0.4 is 14.8 Å². The molecular formula is C19H22N4O4S. The average molecular weight is 402 g/mol. The molecule has 0 aliphatic heterocycles. The Kier molecular flexibility index (Phi) is 6.15. The highest BCUT2D eigenvalue weighted by molar-refractivity contribution is 7.92. The van der Waals surface area contributed by atoms with Crippen molar-refractivity contribution in [2.75, 3.05) is 23.6 Å². The Hall–Kier alpha value is -3.07. The van der Waals surface area contributed by atoms with Gasteiger partial charge in [0, 0.05) is 18.9 Å². The number of carbonyl (C=O) groups excluding carboxylic acids is 1. The molecule has 0 unspecified atom stereocenters. The van der Waals surface area contributed by atoms with Crippen molar-refractivity contribution in [3.8, 4) is 5.75 Å². The molecule has 0 atom stereocenters. The van der Waals surface area contributed by atoms with Gasteiger partial charge in [-0.3, -0.25) is 9.52 Å². The fourth-order valence-corrected chi connectivity index (χ4v) is 3.62. The molecule has 2 N–H and O–H groups in total. The van der Waals surface area contributed by atoms with E-state index in [9.17, 15) is 13.2 Å². The number of carbonyl (C=O) groups is 1. The van der Waals surface area contributed by atoms with Gasteiger partial charge in [-0.1, -0.05) is 12.1 Å². The molecule has 28 heavy (non-hydrogen) atoms. The second kappa shape index (κ2) is 8.75. The normalized spacial score (nSPS) is 11.3. The van der Waals surface area contributed by atoms with E-state index >= 15 is 0 Å². The molecule has 0 saturated heterocycles. The third kappa shape index (κ3) is 5.46. The number of nitrogens with one attached hydrogen (secondary N) is 2. The lowest BCUT2D eigenvalue weighted by atomic mass is 10.1. The van der Waals surface area contributed by atoms with Crippen molar-refractivity contribution < 1.29 is 17.9 Å². The molecule has 0 fully saturated rings. The number of pyridine rings is 1. The predicted octanol–water partition coefficient (Wildman–Crippen LogP) is 1.83. The smallest absolute Gasteiger partial charge is 0.234 e. The Bertz CT molecular complexity index is 1050. The quantitative estimate of drug-likeness (QED) is 0.569.